The Morgan fingerprint density at radius 3 is 2.47 bits per heavy atom. The molecule has 0 atom stereocenters. The Morgan fingerprint density at radius 1 is 1.24 bits per heavy atom. The van der Waals surface area contributed by atoms with Crippen LogP contribution in [-0.2, 0) is 0 Å². The second-order valence-electron chi connectivity index (χ2n) is 5.09. The average Bonchev–Trinajstić information content (AvgIpc) is 3.19. The van der Waals surface area contributed by atoms with Crippen LogP contribution < -0.4 is 4.74 Å². The van der Waals surface area contributed by atoms with E-state index in [0.29, 0.717) is 12.5 Å². The van der Waals surface area contributed by atoms with Crippen molar-refractivity contribution < 1.29 is 9.53 Å². The molecule has 0 saturated heterocycles. The Labute approximate surface area is 102 Å². The van der Waals surface area contributed by atoms with Gasteiger partial charge in [-0.3, -0.25) is 4.79 Å². The van der Waals surface area contributed by atoms with E-state index in [2.05, 4.69) is 6.07 Å². The molecule has 0 unspecified atom stereocenters. The van der Waals surface area contributed by atoms with Crippen LogP contribution in [0.15, 0.2) is 12.1 Å². The summed E-state index contributed by atoms with van der Waals surface area (Å²) in [5.41, 5.74) is 3.51. The van der Waals surface area contributed by atoms with Crippen molar-refractivity contribution in [3.05, 3.63) is 28.8 Å². The monoisotopic (exact) mass is 230 g/mol. The molecule has 2 nitrogen and oxygen atoms in total. The maximum atomic E-state index is 11.1. The highest BCUT2D eigenvalue weighted by Gasteiger charge is 2.35. The van der Waals surface area contributed by atoms with E-state index in [-0.39, 0.29) is 0 Å². The summed E-state index contributed by atoms with van der Waals surface area (Å²) in [6.07, 6.45) is 6.02. The van der Waals surface area contributed by atoms with Gasteiger partial charge >= 0.3 is 0 Å². The highest BCUT2D eigenvalue weighted by atomic mass is 16.5. The Hall–Kier alpha value is -1.31. The number of hydrogen-bond acceptors (Lipinski definition) is 2. The molecule has 17 heavy (non-hydrogen) atoms. The molecule has 0 bridgehead atoms. The first-order valence-electron chi connectivity index (χ1n) is 6.60. The lowest BCUT2D eigenvalue weighted by atomic mass is 9.95. The van der Waals surface area contributed by atoms with Gasteiger partial charge in [-0.25, -0.2) is 0 Å². The molecular formula is C15H18O2. The summed E-state index contributed by atoms with van der Waals surface area (Å²) in [6.45, 7) is 2.61. The van der Waals surface area contributed by atoms with Crippen LogP contribution in [0.3, 0.4) is 0 Å². The quantitative estimate of drug-likeness (QED) is 0.722. The van der Waals surface area contributed by atoms with Crippen LogP contribution in [0.1, 0.15) is 65.9 Å². The van der Waals surface area contributed by atoms with E-state index < -0.39 is 0 Å². The smallest absolute Gasteiger partial charge is 0.153 e. The van der Waals surface area contributed by atoms with Gasteiger partial charge in [0.1, 0.15) is 5.75 Å². The van der Waals surface area contributed by atoms with E-state index in [4.69, 9.17) is 4.74 Å². The largest absolute Gasteiger partial charge is 0.493 e. The number of rotatable bonds is 5. The summed E-state index contributed by atoms with van der Waals surface area (Å²) in [5.74, 6) is 2.24. The lowest BCUT2D eigenvalue weighted by Crippen LogP contribution is -2.03. The van der Waals surface area contributed by atoms with E-state index >= 15 is 0 Å². The number of carbonyl (C=O) groups is 1. The fourth-order valence-electron chi connectivity index (χ4n) is 2.57. The van der Waals surface area contributed by atoms with E-state index in [1.165, 1.54) is 36.8 Å². The van der Waals surface area contributed by atoms with Gasteiger partial charge < -0.3 is 4.74 Å². The van der Waals surface area contributed by atoms with Gasteiger partial charge in [0, 0.05) is 5.56 Å². The van der Waals surface area contributed by atoms with Crippen LogP contribution in [0.2, 0.25) is 0 Å². The average molecular weight is 230 g/mol. The molecule has 2 fully saturated rings. The van der Waals surface area contributed by atoms with Gasteiger partial charge in [-0.1, -0.05) is 6.07 Å². The maximum Gasteiger partial charge on any atom is 0.153 e. The summed E-state index contributed by atoms with van der Waals surface area (Å²) in [5, 5.41) is 0. The minimum absolute atomic E-state index is 0.634. The van der Waals surface area contributed by atoms with Crippen LogP contribution in [-0.4, -0.2) is 12.9 Å². The van der Waals surface area contributed by atoms with Crippen LogP contribution in [0.5, 0.6) is 5.75 Å². The van der Waals surface area contributed by atoms with Crippen LogP contribution in [0, 0.1) is 0 Å². The Balaban J connectivity index is 2.10. The molecule has 2 saturated carbocycles. The molecule has 1 aromatic rings. The molecule has 1 aromatic carbocycles. The van der Waals surface area contributed by atoms with Crippen molar-refractivity contribution in [1.29, 1.82) is 0 Å². The van der Waals surface area contributed by atoms with Crippen LogP contribution in [0.25, 0.3) is 0 Å². The topological polar surface area (TPSA) is 26.3 Å². The third-order valence-corrected chi connectivity index (χ3v) is 3.68. The summed E-state index contributed by atoms with van der Waals surface area (Å²) in [4.78, 5) is 11.1. The van der Waals surface area contributed by atoms with Gasteiger partial charge in [-0.2, -0.15) is 0 Å². The van der Waals surface area contributed by atoms with Crippen molar-refractivity contribution in [2.45, 2.75) is 44.4 Å². The lowest BCUT2D eigenvalue weighted by Gasteiger charge is -2.16. The summed E-state index contributed by atoms with van der Waals surface area (Å²) in [6, 6.07) is 4.08. The zero-order valence-corrected chi connectivity index (χ0v) is 10.2. The van der Waals surface area contributed by atoms with Crippen molar-refractivity contribution in [2.24, 2.45) is 0 Å². The zero-order valence-electron chi connectivity index (χ0n) is 10.2. The van der Waals surface area contributed by atoms with Gasteiger partial charge in [-0.15, -0.1) is 0 Å². The molecule has 3 rings (SSSR count). The second-order valence-corrected chi connectivity index (χ2v) is 5.09. The molecular weight excluding hydrogens is 212 g/mol. The molecule has 0 aliphatic heterocycles. The molecule has 2 heteroatoms. The zero-order chi connectivity index (χ0) is 11.8. The van der Waals surface area contributed by atoms with Crippen LogP contribution in [0.4, 0.5) is 0 Å². The first kappa shape index (κ1) is 10.8. The fourth-order valence-corrected chi connectivity index (χ4v) is 2.57. The highest BCUT2D eigenvalue weighted by Crippen LogP contribution is 2.52. The van der Waals surface area contributed by atoms with E-state index in [9.17, 15) is 4.79 Å². The number of ether oxygens (including phenoxy) is 1. The molecule has 0 amide bonds. The standard InChI is InChI=1S/C15H18O2/c1-2-17-15-12(9-16)7-8-13(10-3-4-10)14(15)11-5-6-11/h7-11H,2-6H2,1H3. The van der Waals surface area contributed by atoms with Crippen molar-refractivity contribution in [2.75, 3.05) is 6.61 Å². The van der Waals surface area contributed by atoms with E-state index in [0.717, 1.165) is 23.5 Å². The molecule has 2 aliphatic rings. The minimum atomic E-state index is 0.634. The second kappa shape index (κ2) is 4.17. The lowest BCUT2D eigenvalue weighted by molar-refractivity contribution is 0.111. The Morgan fingerprint density at radius 2 is 1.94 bits per heavy atom. The third-order valence-electron chi connectivity index (χ3n) is 3.68. The summed E-state index contributed by atoms with van der Waals surface area (Å²) in [7, 11) is 0. The molecule has 0 heterocycles. The third kappa shape index (κ3) is 1.97. The van der Waals surface area contributed by atoms with Crippen molar-refractivity contribution in [3.8, 4) is 5.75 Å². The number of carbonyl (C=O) groups excluding carboxylic acids is 1. The van der Waals surface area contributed by atoms with Gasteiger partial charge in [0.2, 0.25) is 0 Å². The van der Waals surface area contributed by atoms with Crippen molar-refractivity contribution >= 4 is 6.29 Å². The van der Waals surface area contributed by atoms with Crippen molar-refractivity contribution in [3.63, 3.8) is 0 Å². The van der Waals surface area contributed by atoms with Crippen LogP contribution >= 0.6 is 0 Å². The normalized spacial score (nSPS) is 19.1. The molecule has 2 aliphatic carbocycles. The predicted molar refractivity (Wildman–Crippen MR) is 66.9 cm³/mol. The first-order valence-corrected chi connectivity index (χ1v) is 6.60. The SMILES string of the molecule is CCOc1c(C=O)ccc(C2CC2)c1C1CC1. The molecule has 0 spiro atoms. The predicted octanol–water partition coefficient (Wildman–Crippen LogP) is 3.65. The number of hydrogen-bond donors (Lipinski definition) is 0. The first-order chi connectivity index (χ1) is 8.35. The van der Waals surface area contributed by atoms with Crippen molar-refractivity contribution in [1.82, 2.24) is 0 Å². The van der Waals surface area contributed by atoms with Gasteiger partial charge in [0.25, 0.3) is 0 Å². The number of benzene rings is 1. The maximum absolute atomic E-state index is 11.1. The van der Waals surface area contributed by atoms with Gasteiger partial charge in [-0.05, 0) is 56.1 Å². The molecule has 0 radical (unpaired) electrons. The van der Waals surface area contributed by atoms with Gasteiger partial charge in [0.05, 0.1) is 12.2 Å². The molecule has 0 N–H and O–H groups in total. The Bertz CT molecular complexity index is 442. The summed E-state index contributed by atoms with van der Waals surface area (Å²) >= 11 is 0. The van der Waals surface area contributed by atoms with E-state index in [1.54, 1.807) is 0 Å². The number of aldehydes is 1. The molecule has 0 aromatic heterocycles. The van der Waals surface area contributed by atoms with Gasteiger partial charge in [0.15, 0.2) is 6.29 Å². The minimum Gasteiger partial charge on any atom is -0.493 e. The van der Waals surface area contributed by atoms with E-state index in [1.807, 2.05) is 13.0 Å². The highest BCUT2D eigenvalue weighted by molar-refractivity contribution is 5.81. The Kier molecular flexibility index (Phi) is 2.65. The fraction of sp³-hybridized carbons (Fsp3) is 0.533. The molecule has 90 valence electrons. The summed E-state index contributed by atoms with van der Waals surface area (Å²) < 4.78 is 5.75.